The van der Waals surface area contributed by atoms with E-state index in [1.807, 2.05) is 0 Å². The van der Waals surface area contributed by atoms with Crippen molar-refractivity contribution in [2.24, 2.45) is 0 Å². The minimum atomic E-state index is 0.165. The standard InChI is InChI=1S/C37H47N3O3/c1-6-7-29-20-31(22-34(41-3)25(29)2)33-19-27(12-13-38-33)24-40-16-14-39(15-17-40)23-26-8-11-32-30(18-26)21-35(42-4)37(43-5)36(32)28-9-10-28/h8,11-13,18-22,28,33,38H,6-7,9-10,14-17,23-24H2,1-5H3. The zero-order valence-electron chi connectivity index (χ0n) is 26.5. The fraction of sp³-hybridized carbons (Fsp3) is 0.459. The van der Waals surface area contributed by atoms with Crippen molar-refractivity contribution >= 4 is 10.8 Å². The monoisotopic (exact) mass is 581 g/mol. The second-order valence-electron chi connectivity index (χ2n) is 12.4. The number of methoxy groups -OCH3 is 3. The van der Waals surface area contributed by atoms with Gasteiger partial charge in [-0.25, -0.2) is 0 Å². The molecule has 6 heteroatoms. The summed E-state index contributed by atoms with van der Waals surface area (Å²) in [6.07, 6.45) is 11.4. The lowest BCUT2D eigenvalue weighted by molar-refractivity contribution is 0.135. The number of nitrogens with zero attached hydrogens (tertiary/aromatic N) is 2. The van der Waals surface area contributed by atoms with Gasteiger partial charge in [0, 0.05) is 44.8 Å². The Labute approximate surface area is 257 Å². The Hall–Kier alpha value is -3.48. The Balaban J connectivity index is 1.09. The van der Waals surface area contributed by atoms with E-state index in [0.29, 0.717) is 5.92 Å². The highest BCUT2D eigenvalue weighted by Crippen LogP contribution is 2.51. The van der Waals surface area contributed by atoms with Gasteiger partial charge in [-0.05, 0) is 101 Å². The SMILES string of the molecule is CCCc1cc(C2C=C(CN3CCN(Cc4ccc5c(C6CC6)c(OC)c(OC)cc5c4)CC3)C=CN2)cc(OC)c1C. The molecule has 2 fully saturated rings. The van der Waals surface area contributed by atoms with E-state index in [4.69, 9.17) is 14.2 Å². The highest BCUT2D eigenvalue weighted by atomic mass is 16.5. The molecule has 2 heterocycles. The highest BCUT2D eigenvalue weighted by Gasteiger charge is 2.31. The number of hydrogen-bond acceptors (Lipinski definition) is 6. The van der Waals surface area contributed by atoms with E-state index in [2.05, 4.69) is 83.7 Å². The van der Waals surface area contributed by atoms with E-state index in [9.17, 15) is 0 Å². The molecule has 1 saturated carbocycles. The fourth-order valence-corrected chi connectivity index (χ4v) is 6.86. The molecule has 2 aliphatic heterocycles. The van der Waals surface area contributed by atoms with Crippen LogP contribution in [-0.4, -0.2) is 63.9 Å². The molecular formula is C37H47N3O3. The van der Waals surface area contributed by atoms with Crippen LogP contribution in [0.15, 0.2) is 60.3 Å². The topological polar surface area (TPSA) is 46.2 Å². The summed E-state index contributed by atoms with van der Waals surface area (Å²) < 4.78 is 17.3. The van der Waals surface area contributed by atoms with E-state index >= 15 is 0 Å². The van der Waals surface area contributed by atoms with Gasteiger partial charge in [0.15, 0.2) is 11.5 Å². The molecule has 0 spiro atoms. The van der Waals surface area contributed by atoms with E-state index in [1.165, 1.54) is 57.0 Å². The third-order valence-corrected chi connectivity index (χ3v) is 9.39. The van der Waals surface area contributed by atoms with Crippen LogP contribution in [0, 0.1) is 6.92 Å². The zero-order valence-corrected chi connectivity index (χ0v) is 26.5. The largest absolute Gasteiger partial charge is 0.496 e. The minimum Gasteiger partial charge on any atom is -0.496 e. The van der Waals surface area contributed by atoms with Crippen LogP contribution in [0.25, 0.3) is 10.8 Å². The van der Waals surface area contributed by atoms with Crippen LogP contribution < -0.4 is 19.5 Å². The molecule has 1 unspecified atom stereocenters. The summed E-state index contributed by atoms with van der Waals surface area (Å²) in [6.45, 7) is 10.7. The Bertz CT molecular complexity index is 1520. The molecule has 3 aromatic carbocycles. The molecule has 3 aliphatic rings. The summed E-state index contributed by atoms with van der Waals surface area (Å²) in [5, 5.41) is 6.12. The fourth-order valence-electron chi connectivity index (χ4n) is 6.86. The molecular weight excluding hydrogens is 534 g/mol. The first-order chi connectivity index (χ1) is 21.0. The lowest BCUT2D eigenvalue weighted by Crippen LogP contribution is -2.46. The maximum absolute atomic E-state index is 5.79. The average molecular weight is 582 g/mol. The molecule has 1 N–H and O–H groups in total. The number of rotatable bonds is 11. The number of ether oxygens (including phenoxy) is 3. The molecule has 1 aliphatic carbocycles. The average Bonchev–Trinajstić information content (AvgIpc) is 3.87. The Morgan fingerprint density at radius 3 is 2.28 bits per heavy atom. The maximum Gasteiger partial charge on any atom is 0.164 e. The van der Waals surface area contributed by atoms with Crippen molar-refractivity contribution < 1.29 is 14.2 Å². The van der Waals surface area contributed by atoms with Gasteiger partial charge in [-0.2, -0.15) is 0 Å². The molecule has 3 aromatic rings. The third-order valence-electron chi connectivity index (χ3n) is 9.39. The summed E-state index contributed by atoms with van der Waals surface area (Å²) in [7, 11) is 5.27. The van der Waals surface area contributed by atoms with Crippen LogP contribution >= 0.6 is 0 Å². The first-order valence-electron chi connectivity index (χ1n) is 15.9. The molecule has 0 amide bonds. The summed E-state index contributed by atoms with van der Waals surface area (Å²) in [5.74, 6) is 3.32. The highest BCUT2D eigenvalue weighted by molar-refractivity contribution is 5.91. The van der Waals surface area contributed by atoms with Crippen LogP contribution in [0.3, 0.4) is 0 Å². The van der Waals surface area contributed by atoms with E-state index in [1.54, 1.807) is 21.3 Å². The van der Waals surface area contributed by atoms with Gasteiger partial charge in [0.25, 0.3) is 0 Å². The number of fused-ring (bicyclic) bond motifs is 1. The maximum atomic E-state index is 5.79. The number of hydrogen-bond donors (Lipinski definition) is 1. The van der Waals surface area contributed by atoms with Gasteiger partial charge in [0.05, 0.1) is 27.4 Å². The van der Waals surface area contributed by atoms with Gasteiger partial charge in [-0.1, -0.05) is 37.6 Å². The lowest BCUT2D eigenvalue weighted by Gasteiger charge is -2.35. The lowest BCUT2D eigenvalue weighted by atomic mass is 9.94. The van der Waals surface area contributed by atoms with E-state index in [0.717, 1.165) is 69.4 Å². The third kappa shape index (κ3) is 6.41. The summed E-state index contributed by atoms with van der Waals surface area (Å²) in [6, 6.07) is 13.8. The van der Waals surface area contributed by atoms with Gasteiger partial charge < -0.3 is 19.5 Å². The van der Waals surface area contributed by atoms with Crippen LogP contribution in [0.4, 0.5) is 0 Å². The van der Waals surface area contributed by atoms with Crippen molar-refractivity contribution in [1.29, 1.82) is 0 Å². The van der Waals surface area contributed by atoms with Crippen LogP contribution in [0.5, 0.6) is 17.2 Å². The predicted molar refractivity (Wildman–Crippen MR) is 176 cm³/mol. The van der Waals surface area contributed by atoms with Crippen LogP contribution in [0.2, 0.25) is 0 Å². The Morgan fingerprint density at radius 1 is 0.860 bits per heavy atom. The first kappa shape index (κ1) is 29.6. The quantitative estimate of drug-likeness (QED) is 0.266. The van der Waals surface area contributed by atoms with Gasteiger partial charge in [0.2, 0.25) is 0 Å². The zero-order chi connectivity index (χ0) is 29.9. The molecule has 0 bridgehead atoms. The second kappa shape index (κ2) is 13.0. The molecule has 1 atom stereocenters. The van der Waals surface area contributed by atoms with Gasteiger partial charge in [-0.15, -0.1) is 0 Å². The Morgan fingerprint density at radius 2 is 1.60 bits per heavy atom. The summed E-state index contributed by atoms with van der Waals surface area (Å²) >= 11 is 0. The van der Waals surface area contributed by atoms with Crippen LogP contribution in [-0.2, 0) is 13.0 Å². The first-order valence-corrected chi connectivity index (χ1v) is 15.9. The number of dihydropyridines is 1. The Kier molecular flexibility index (Phi) is 8.96. The molecule has 6 nitrogen and oxygen atoms in total. The molecule has 43 heavy (non-hydrogen) atoms. The van der Waals surface area contributed by atoms with Crippen molar-refractivity contribution in [3.05, 3.63) is 88.1 Å². The normalized spacial score (nSPS) is 19.3. The number of benzene rings is 3. The van der Waals surface area contributed by atoms with E-state index < -0.39 is 0 Å². The van der Waals surface area contributed by atoms with Crippen LogP contribution in [0.1, 0.15) is 66.0 Å². The molecule has 0 aromatic heterocycles. The molecule has 6 rings (SSSR count). The van der Waals surface area contributed by atoms with E-state index in [-0.39, 0.29) is 6.04 Å². The smallest absolute Gasteiger partial charge is 0.164 e. The number of aryl methyl sites for hydroxylation is 1. The van der Waals surface area contributed by atoms with Gasteiger partial charge in [0.1, 0.15) is 5.75 Å². The number of nitrogens with one attached hydrogen (secondary N) is 1. The number of piperazine rings is 1. The predicted octanol–water partition coefficient (Wildman–Crippen LogP) is 6.91. The minimum absolute atomic E-state index is 0.165. The summed E-state index contributed by atoms with van der Waals surface area (Å²) in [4.78, 5) is 5.18. The molecule has 0 radical (unpaired) electrons. The summed E-state index contributed by atoms with van der Waals surface area (Å²) in [5.41, 5.74) is 7.97. The molecule has 1 saturated heterocycles. The van der Waals surface area contributed by atoms with Crippen molar-refractivity contribution in [2.45, 2.75) is 58.0 Å². The van der Waals surface area contributed by atoms with Gasteiger partial charge in [-0.3, -0.25) is 9.80 Å². The van der Waals surface area contributed by atoms with Gasteiger partial charge >= 0.3 is 0 Å². The molecule has 228 valence electrons. The second-order valence-corrected chi connectivity index (χ2v) is 12.4. The van der Waals surface area contributed by atoms with Crippen molar-refractivity contribution in [1.82, 2.24) is 15.1 Å². The van der Waals surface area contributed by atoms with Crippen molar-refractivity contribution in [3.8, 4) is 17.2 Å². The van der Waals surface area contributed by atoms with Crippen molar-refractivity contribution in [2.75, 3.05) is 54.1 Å². The van der Waals surface area contributed by atoms with Crippen molar-refractivity contribution in [3.63, 3.8) is 0 Å².